The maximum atomic E-state index is 8.98. The Morgan fingerprint density at radius 3 is 3.14 bits per heavy atom. The van der Waals surface area contributed by atoms with Crippen LogP contribution in [0.25, 0.3) is 6.08 Å². The lowest BCUT2D eigenvalue weighted by atomic mass is 10.00. The third kappa shape index (κ3) is 0.843. The molecule has 0 aliphatic carbocycles. The molecule has 1 aromatic rings. The second-order valence-corrected chi connectivity index (χ2v) is 3.74. The van der Waals surface area contributed by atoms with Crippen LogP contribution in [0.1, 0.15) is 16.7 Å². The van der Waals surface area contributed by atoms with Gasteiger partial charge in [-0.05, 0) is 23.6 Å². The minimum atomic E-state index is 0.849. The van der Waals surface area contributed by atoms with E-state index in [0.717, 1.165) is 25.1 Å². The van der Waals surface area contributed by atoms with E-state index in [-0.39, 0.29) is 0 Å². The lowest BCUT2D eigenvalue weighted by molar-refractivity contribution is 0.900. The topological polar surface area (TPSA) is 27.0 Å². The van der Waals surface area contributed by atoms with E-state index in [9.17, 15) is 0 Å². The van der Waals surface area contributed by atoms with Gasteiger partial charge in [0.25, 0.3) is 0 Å². The maximum absolute atomic E-state index is 8.98. The molecule has 0 atom stereocenters. The number of nitrogens with zero attached hydrogens (tertiary/aromatic N) is 2. The first-order valence-electron chi connectivity index (χ1n) is 4.87. The summed E-state index contributed by atoms with van der Waals surface area (Å²) in [5.41, 5.74) is 4.66. The second kappa shape index (κ2) is 2.62. The van der Waals surface area contributed by atoms with Crippen molar-refractivity contribution < 1.29 is 0 Å². The highest BCUT2D eigenvalue weighted by molar-refractivity contribution is 5.78. The molecule has 0 aromatic heterocycles. The molecular weight excluding hydrogens is 172 g/mol. The molecule has 0 saturated carbocycles. The molecule has 2 nitrogen and oxygen atoms in total. The minimum absolute atomic E-state index is 0.849. The van der Waals surface area contributed by atoms with Gasteiger partial charge in [-0.1, -0.05) is 18.2 Å². The Labute approximate surface area is 83.1 Å². The van der Waals surface area contributed by atoms with Crippen LogP contribution < -0.4 is 4.90 Å². The van der Waals surface area contributed by atoms with Gasteiger partial charge in [0.2, 0.25) is 0 Å². The fourth-order valence-electron chi connectivity index (χ4n) is 2.37. The van der Waals surface area contributed by atoms with Crippen LogP contribution in [-0.2, 0) is 6.42 Å². The quantitative estimate of drug-likeness (QED) is 0.613. The van der Waals surface area contributed by atoms with Crippen molar-refractivity contribution in [3.05, 3.63) is 34.9 Å². The molecule has 0 N–H and O–H groups in total. The van der Waals surface area contributed by atoms with Crippen molar-refractivity contribution in [2.45, 2.75) is 6.42 Å². The van der Waals surface area contributed by atoms with E-state index < -0.39 is 0 Å². The van der Waals surface area contributed by atoms with Crippen LogP contribution in [0.4, 0.5) is 5.69 Å². The first-order valence-corrected chi connectivity index (χ1v) is 4.87. The van der Waals surface area contributed by atoms with Gasteiger partial charge in [-0.15, -0.1) is 0 Å². The van der Waals surface area contributed by atoms with Gasteiger partial charge in [0.1, 0.15) is 0 Å². The van der Waals surface area contributed by atoms with Crippen molar-refractivity contribution in [1.29, 1.82) is 5.26 Å². The number of benzene rings is 1. The minimum Gasteiger partial charge on any atom is -0.367 e. The monoisotopic (exact) mass is 182 g/mol. The standard InChI is InChI=1S/C12H10N2/c13-8-10-4-3-9-2-1-6-14-7-5-11(10)12(9)14/h1-4H,5-7H2. The van der Waals surface area contributed by atoms with Gasteiger partial charge in [0.15, 0.2) is 0 Å². The Morgan fingerprint density at radius 2 is 2.29 bits per heavy atom. The number of nitriles is 1. The molecule has 0 radical (unpaired) electrons. The Balaban J connectivity index is 2.32. The van der Waals surface area contributed by atoms with E-state index in [1.165, 1.54) is 16.8 Å². The summed E-state index contributed by atoms with van der Waals surface area (Å²) in [6.07, 6.45) is 5.36. The molecule has 14 heavy (non-hydrogen) atoms. The molecular formula is C12H10N2. The third-order valence-corrected chi connectivity index (χ3v) is 3.01. The zero-order valence-corrected chi connectivity index (χ0v) is 7.83. The molecule has 0 amide bonds. The fraction of sp³-hybridized carbons (Fsp3) is 0.250. The van der Waals surface area contributed by atoms with Crippen molar-refractivity contribution in [3.63, 3.8) is 0 Å². The Morgan fingerprint density at radius 1 is 1.36 bits per heavy atom. The zero-order chi connectivity index (χ0) is 9.54. The van der Waals surface area contributed by atoms with Gasteiger partial charge in [-0.25, -0.2) is 0 Å². The predicted molar refractivity (Wildman–Crippen MR) is 56.1 cm³/mol. The summed E-state index contributed by atoms with van der Waals surface area (Å²) < 4.78 is 0. The van der Waals surface area contributed by atoms with E-state index >= 15 is 0 Å². The molecule has 0 fully saturated rings. The molecule has 2 aliphatic rings. The lowest BCUT2D eigenvalue weighted by Gasteiger charge is -2.23. The lowest BCUT2D eigenvalue weighted by Crippen LogP contribution is -2.22. The molecule has 0 saturated heterocycles. The Bertz CT molecular complexity index is 466. The SMILES string of the molecule is N#Cc1ccc2c3c1CCN3CC=C2. The molecule has 0 spiro atoms. The molecule has 0 unspecified atom stereocenters. The summed E-state index contributed by atoms with van der Waals surface area (Å²) in [5, 5.41) is 8.98. The normalized spacial score (nSPS) is 16.6. The van der Waals surface area contributed by atoms with Crippen molar-refractivity contribution >= 4 is 11.8 Å². The van der Waals surface area contributed by atoms with Crippen molar-refractivity contribution in [3.8, 4) is 6.07 Å². The van der Waals surface area contributed by atoms with E-state index in [2.05, 4.69) is 23.1 Å². The third-order valence-electron chi connectivity index (χ3n) is 3.01. The van der Waals surface area contributed by atoms with Gasteiger partial charge in [-0.3, -0.25) is 0 Å². The summed E-state index contributed by atoms with van der Waals surface area (Å²) in [6, 6.07) is 6.26. The smallest absolute Gasteiger partial charge is 0.0995 e. The number of hydrogen-bond donors (Lipinski definition) is 0. The van der Waals surface area contributed by atoms with E-state index in [1.807, 2.05) is 12.1 Å². The Hall–Kier alpha value is -1.75. The van der Waals surface area contributed by atoms with Crippen molar-refractivity contribution in [1.82, 2.24) is 0 Å². The summed E-state index contributed by atoms with van der Waals surface area (Å²) in [4.78, 5) is 2.35. The second-order valence-electron chi connectivity index (χ2n) is 3.74. The summed E-state index contributed by atoms with van der Waals surface area (Å²) in [6.45, 7) is 2.06. The first-order chi connectivity index (χ1) is 6.90. The van der Waals surface area contributed by atoms with Gasteiger partial charge < -0.3 is 4.90 Å². The van der Waals surface area contributed by atoms with Crippen molar-refractivity contribution in [2.75, 3.05) is 18.0 Å². The van der Waals surface area contributed by atoms with Gasteiger partial charge in [-0.2, -0.15) is 5.26 Å². The van der Waals surface area contributed by atoms with E-state index in [4.69, 9.17) is 5.26 Å². The molecule has 0 bridgehead atoms. The summed E-state index contributed by atoms with van der Waals surface area (Å²) in [5.74, 6) is 0. The highest BCUT2D eigenvalue weighted by atomic mass is 15.1. The molecule has 68 valence electrons. The van der Waals surface area contributed by atoms with Crippen LogP contribution in [0.15, 0.2) is 18.2 Å². The largest absolute Gasteiger partial charge is 0.367 e. The molecule has 2 heterocycles. The molecule has 2 heteroatoms. The van der Waals surface area contributed by atoms with Gasteiger partial charge >= 0.3 is 0 Å². The van der Waals surface area contributed by atoms with Crippen molar-refractivity contribution in [2.24, 2.45) is 0 Å². The maximum Gasteiger partial charge on any atom is 0.0995 e. The average molecular weight is 182 g/mol. The number of anilines is 1. The van der Waals surface area contributed by atoms with Crippen LogP contribution in [0.2, 0.25) is 0 Å². The number of hydrogen-bond acceptors (Lipinski definition) is 2. The van der Waals surface area contributed by atoms with E-state index in [1.54, 1.807) is 0 Å². The predicted octanol–water partition coefficient (Wildman–Crippen LogP) is 1.95. The van der Waals surface area contributed by atoms with Crippen LogP contribution in [-0.4, -0.2) is 13.1 Å². The van der Waals surface area contributed by atoms with Crippen LogP contribution >= 0.6 is 0 Å². The Kier molecular flexibility index (Phi) is 1.43. The summed E-state index contributed by atoms with van der Waals surface area (Å²) in [7, 11) is 0. The van der Waals surface area contributed by atoms with Crippen LogP contribution in [0.3, 0.4) is 0 Å². The zero-order valence-electron chi connectivity index (χ0n) is 7.83. The average Bonchev–Trinajstić information content (AvgIpc) is 2.66. The van der Waals surface area contributed by atoms with E-state index in [0.29, 0.717) is 0 Å². The summed E-state index contributed by atoms with van der Waals surface area (Å²) >= 11 is 0. The first kappa shape index (κ1) is 7.64. The van der Waals surface area contributed by atoms with Gasteiger partial charge in [0, 0.05) is 18.8 Å². The highest BCUT2D eigenvalue weighted by Crippen LogP contribution is 2.36. The molecule has 3 rings (SSSR count). The molecule has 2 aliphatic heterocycles. The van der Waals surface area contributed by atoms with Gasteiger partial charge in [0.05, 0.1) is 11.6 Å². The number of rotatable bonds is 0. The molecule has 1 aromatic carbocycles. The van der Waals surface area contributed by atoms with Crippen LogP contribution in [0, 0.1) is 11.3 Å². The highest BCUT2D eigenvalue weighted by Gasteiger charge is 2.25. The fourth-order valence-corrected chi connectivity index (χ4v) is 2.37. The van der Waals surface area contributed by atoms with Crippen LogP contribution in [0.5, 0.6) is 0 Å².